The molecule has 1 saturated heterocycles. The van der Waals surface area contributed by atoms with Crippen molar-refractivity contribution in [3.63, 3.8) is 0 Å². The Labute approximate surface area is 193 Å². The van der Waals surface area contributed by atoms with E-state index in [1.54, 1.807) is 23.1 Å². The summed E-state index contributed by atoms with van der Waals surface area (Å²) in [5.41, 5.74) is 3.18. The topological polar surface area (TPSA) is 82.6 Å². The number of amides is 1. The van der Waals surface area contributed by atoms with Crippen molar-refractivity contribution >= 4 is 28.4 Å². The van der Waals surface area contributed by atoms with Gasteiger partial charge in [0, 0.05) is 34.8 Å². The van der Waals surface area contributed by atoms with Gasteiger partial charge in [0.05, 0.1) is 17.7 Å². The normalized spacial score (nSPS) is 18.0. The smallest absolute Gasteiger partial charge is 0.295 e. The van der Waals surface area contributed by atoms with E-state index in [9.17, 15) is 14.7 Å². The first kappa shape index (κ1) is 22.6. The Morgan fingerprint density at radius 1 is 1.18 bits per heavy atom. The highest BCUT2D eigenvalue weighted by Crippen LogP contribution is 2.42. The fraction of sp³-hybridized carbons (Fsp3) is 0.333. The second-order valence-corrected chi connectivity index (χ2v) is 8.78. The zero-order valence-corrected chi connectivity index (χ0v) is 19.5. The first-order valence-corrected chi connectivity index (χ1v) is 11.5. The lowest BCUT2D eigenvalue weighted by molar-refractivity contribution is -0.139. The second-order valence-electron chi connectivity index (χ2n) is 8.78. The molecule has 0 saturated carbocycles. The number of aryl methyl sites for hydroxylation is 1. The van der Waals surface area contributed by atoms with Crippen LogP contribution in [0.4, 0.5) is 0 Å². The van der Waals surface area contributed by atoms with Gasteiger partial charge in [-0.2, -0.15) is 0 Å². The number of aliphatic hydroxyl groups is 1. The minimum absolute atomic E-state index is 0.0221. The van der Waals surface area contributed by atoms with Crippen molar-refractivity contribution in [1.82, 2.24) is 9.88 Å². The molecule has 0 aliphatic carbocycles. The SMILES string of the molecule is CCCCN1C(=O)C(=O)/C(=C(/O)c2ccc(OC(C)C)c(C)c2)C1c1c[nH]c2ccccc12. The number of benzene rings is 2. The maximum absolute atomic E-state index is 13.2. The minimum Gasteiger partial charge on any atom is -0.507 e. The molecule has 1 aliphatic rings. The number of hydrogen-bond acceptors (Lipinski definition) is 4. The highest BCUT2D eigenvalue weighted by molar-refractivity contribution is 6.46. The van der Waals surface area contributed by atoms with Crippen LogP contribution in [0.3, 0.4) is 0 Å². The predicted octanol–water partition coefficient (Wildman–Crippen LogP) is 5.49. The molecule has 1 aromatic heterocycles. The number of fused-ring (bicyclic) bond motifs is 1. The summed E-state index contributed by atoms with van der Waals surface area (Å²) in [5.74, 6) is -0.671. The molecule has 1 amide bonds. The van der Waals surface area contributed by atoms with Crippen LogP contribution in [0.25, 0.3) is 16.7 Å². The van der Waals surface area contributed by atoms with E-state index in [0.29, 0.717) is 12.1 Å². The average Bonchev–Trinajstić information content (AvgIpc) is 3.32. The van der Waals surface area contributed by atoms with Gasteiger partial charge in [0.2, 0.25) is 0 Å². The van der Waals surface area contributed by atoms with Gasteiger partial charge >= 0.3 is 0 Å². The van der Waals surface area contributed by atoms with Crippen LogP contribution < -0.4 is 4.74 Å². The Morgan fingerprint density at radius 3 is 2.64 bits per heavy atom. The van der Waals surface area contributed by atoms with E-state index < -0.39 is 17.7 Å². The van der Waals surface area contributed by atoms with Crippen LogP contribution in [-0.4, -0.2) is 39.3 Å². The summed E-state index contributed by atoms with van der Waals surface area (Å²) in [7, 11) is 0. The quantitative estimate of drug-likeness (QED) is 0.286. The summed E-state index contributed by atoms with van der Waals surface area (Å²) in [6, 6.07) is 12.4. The van der Waals surface area contributed by atoms with Crippen molar-refractivity contribution in [3.8, 4) is 5.75 Å². The number of unbranched alkanes of at least 4 members (excludes halogenated alkanes) is 1. The molecule has 2 aromatic carbocycles. The number of rotatable bonds is 7. The first-order valence-electron chi connectivity index (χ1n) is 11.5. The fourth-order valence-corrected chi connectivity index (χ4v) is 4.42. The van der Waals surface area contributed by atoms with E-state index in [4.69, 9.17) is 4.74 Å². The lowest BCUT2D eigenvalue weighted by Gasteiger charge is -2.24. The van der Waals surface area contributed by atoms with Gasteiger partial charge in [0.1, 0.15) is 11.5 Å². The molecule has 0 radical (unpaired) electrons. The Kier molecular flexibility index (Phi) is 6.27. The molecule has 6 heteroatoms. The van der Waals surface area contributed by atoms with Crippen LogP contribution in [0.5, 0.6) is 5.75 Å². The standard InChI is InChI=1S/C27H30N2O4/c1-5-6-13-29-24(20-15-28-21-10-8-7-9-19(20)21)23(26(31)27(29)32)25(30)18-11-12-22(17(4)14-18)33-16(2)3/h7-12,14-16,24,28,30H,5-6,13H2,1-4H3/b25-23+. The van der Waals surface area contributed by atoms with Crippen molar-refractivity contribution in [1.29, 1.82) is 0 Å². The monoisotopic (exact) mass is 446 g/mol. The fourth-order valence-electron chi connectivity index (χ4n) is 4.42. The van der Waals surface area contributed by atoms with Gasteiger partial charge in [-0.15, -0.1) is 0 Å². The van der Waals surface area contributed by atoms with Crippen LogP contribution in [0.2, 0.25) is 0 Å². The van der Waals surface area contributed by atoms with Crippen molar-refractivity contribution in [2.45, 2.75) is 52.7 Å². The highest BCUT2D eigenvalue weighted by Gasteiger charge is 2.46. The van der Waals surface area contributed by atoms with Crippen molar-refractivity contribution in [3.05, 3.63) is 70.9 Å². The van der Waals surface area contributed by atoms with Crippen LogP contribution >= 0.6 is 0 Å². The Bertz CT molecular complexity index is 1240. The van der Waals surface area contributed by atoms with Crippen LogP contribution in [-0.2, 0) is 9.59 Å². The summed E-state index contributed by atoms with van der Waals surface area (Å²) in [4.78, 5) is 31.1. The zero-order chi connectivity index (χ0) is 23.7. The molecular weight excluding hydrogens is 416 g/mol. The third-order valence-electron chi connectivity index (χ3n) is 6.02. The van der Waals surface area contributed by atoms with Crippen LogP contribution in [0.1, 0.15) is 56.3 Å². The van der Waals surface area contributed by atoms with E-state index in [-0.39, 0.29) is 17.4 Å². The minimum atomic E-state index is -0.654. The number of ketones is 1. The van der Waals surface area contributed by atoms with Crippen molar-refractivity contribution in [2.24, 2.45) is 0 Å². The summed E-state index contributed by atoms with van der Waals surface area (Å²) >= 11 is 0. The molecule has 6 nitrogen and oxygen atoms in total. The number of aromatic nitrogens is 1. The van der Waals surface area contributed by atoms with E-state index in [1.165, 1.54) is 0 Å². The molecule has 4 rings (SSSR count). The van der Waals surface area contributed by atoms with Gasteiger partial charge in [0.15, 0.2) is 0 Å². The molecular formula is C27H30N2O4. The van der Waals surface area contributed by atoms with Crippen LogP contribution in [0.15, 0.2) is 54.2 Å². The maximum atomic E-state index is 13.2. The molecule has 1 aliphatic heterocycles. The Morgan fingerprint density at radius 2 is 1.94 bits per heavy atom. The molecule has 0 spiro atoms. The number of nitrogens with zero attached hydrogens (tertiary/aromatic N) is 1. The van der Waals surface area contributed by atoms with Gasteiger partial charge in [-0.3, -0.25) is 9.59 Å². The number of Topliss-reactive ketones (excluding diaryl/α,β-unsaturated/α-hetero) is 1. The lowest BCUT2D eigenvalue weighted by atomic mass is 9.94. The second kappa shape index (κ2) is 9.14. The number of H-pyrrole nitrogens is 1. The van der Waals surface area contributed by atoms with Gasteiger partial charge < -0.3 is 19.7 Å². The summed E-state index contributed by atoms with van der Waals surface area (Å²) in [6.07, 6.45) is 3.51. The van der Waals surface area contributed by atoms with Crippen molar-refractivity contribution in [2.75, 3.05) is 6.54 Å². The number of carbonyl (C=O) groups excluding carboxylic acids is 2. The number of para-hydroxylation sites is 1. The lowest BCUT2D eigenvalue weighted by Crippen LogP contribution is -2.30. The summed E-state index contributed by atoms with van der Waals surface area (Å²) < 4.78 is 5.80. The number of ether oxygens (including phenoxy) is 1. The summed E-state index contributed by atoms with van der Waals surface area (Å²) in [5, 5.41) is 12.2. The van der Waals surface area contributed by atoms with Gasteiger partial charge in [-0.1, -0.05) is 31.5 Å². The van der Waals surface area contributed by atoms with E-state index in [1.807, 2.05) is 58.2 Å². The molecule has 2 N–H and O–H groups in total. The number of aromatic amines is 1. The molecule has 1 unspecified atom stereocenters. The number of carbonyl (C=O) groups is 2. The molecule has 1 fully saturated rings. The molecule has 1 atom stereocenters. The maximum Gasteiger partial charge on any atom is 0.295 e. The number of likely N-dealkylation sites (tertiary alicyclic amines) is 1. The first-order chi connectivity index (χ1) is 15.8. The Balaban J connectivity index is 1.87. The predicted molar refractivity (Wildman–Crippen MR) is 129 cm³/mol. The van der Waals surface area contributed by atoms with Gasteiger partial charge in [0.25, 0.3) is 11.7 Å². The zero-order valence-electron chi connectivity index (χ0n) is 19.5. The highest BCUT2D eigenvalue weighted by atomic mass is 16.5. The molecule has 33 heavy (non-hydrogen) atoms. The molecule has 3 aromatic rings. The van der Waals surface area contributed by atoms with Gasteiger partial charge in [-0.05, 0) is 57.0 Å². The van der Waals surface area contributed by atoms with Crippen molar-refractivity contribution < 1.29 is 19.4 Å². The number of aliphatic hydroxyl groups excluding tert-OH is 1. The van der Waals surface area contributed by atoms with E-state index >= 15 is 0 Å². The largest absolute Gasteiger partial charge is 0.507 e. The number of hydrogen-bond donors (Lipinski definition) is 2. The average molecular weight is 447 g/mol. The number of nitrogens with one attached hydrogen (secondary N) is 1. The Hall–Kier alpha value is -3.54. The van der Waals surface area contributed by atoms with Gasteiger partial charge in [-0.25, -0.2) is 0 Å². The summed E-state index contributed by atoms with van der Waals surface area (Å²) in [6.45, 7) is 8.28. The van der Waals surface area contributed by atoms with Crippen LogP contribution in [0, 0.1) is 6.92 Å². The molecule has 2 heterocycles. The van der Waals surface area contributed by atoms with E-state index in [0.717, 1.165) is 40.6 Å². The molecule has 0 bridgehead atoms. The van der Waals surface area contributed by atoms with E-state index in [2.05, 4.69) is 4.98 Å². The third-order valence-corrected chi connectivity index (χ3v) is 6.02. The molecule has 172 valence electrons. The third kappa shape index (κ3) is 4.13.